The van der Waals surface area contributed by atoms with E-state index in [4.69, 9.17) is 15.2 Å². The maximum Gasteiger partial charge on any atom is 0.127 e. The molecular formula is C17H27NO3. The van der Waals surface area contributed by atoms with Crippen LogP contribution in [0, 0.1) is 12.8 Å². The van der Waals surface area contributed by atoms with Crippen LogP contribution in [-0.4, -0.2) is 25.4 Å². The number of aryl methyl sites for hydroxylation is 1. The molecule has 0 radical (unpaired) electrons. The molecule has 0 heterocycles. The zero-order valence-corrected chi connectivity index (χ0v) is 13.3. The van der Waals surface area contributed by atoms with Gasteiger partial charge in [-0.1, -0.05) is 19.3 Å². The van der Waals surface area contributed by atoms with Gasteiger partial charge in [0, 0.05) is 0 Å². The summed E-state index contributed by atoms with van der Waals surface area (Å²) in [6, 6.07) is 3.38. The summed E-state index contributed by atoms with van der Waals surface area (Å²) in [6.45, 7) is 1.98. The van der Waals surface area contributed by atoms with Crippen molar-refractivity contribution in [3.05, 3.63) is 23.3 Å². The van der Waals surface area contributed by atoms with Crippen molar-refractivity contribution in [3.63, 3.8) is 0 Å². The van der Waals surface area contributed by atoms with E-state index >= 15 is 0 Å². The topological polar surface area (TPSA) is 64.7 Å². The minimum absolute atomic E-state index is 0.268. The Kier molecular flexibility index (Phi) is 5.48. The molecule has 0 amide bonds. The standard InChI is InChI=1S/C17H27NO3/c1-11-9-13(20-2)15(14(10-11)21-3)16(18)17(19)12-7-5-4-6-8-12/h9-10,12,16-17,19H,4-8,18H2,1-3H3/t16-,17+/m1/s1. The number of ether oxygens (including phenoxy) is 2. The van der Waals surface area contributed by atoms with Crippen molar-refractivity contribution < 1.29 is 14.6 Å². The number of aliphatic hydroxyl groups excluding tert-OH is 1. The number of methoxy groups -OCH3 is 2. The summed E-state index contributed by atoms with van der Waals surface area (Å²) < 4.78 is 10.9. The van der Waals surface area contributed by atoms with E-state index in [9.17, 15) is 5.11 Å². The Morgan fingerprint density at radius 1 is 1.10 bits per heavy atom. The highest BCUT2D eigenvalue weighted by Gasteiger charge is 2.31. The van der Waals surface area contributed by atoms with Crippen LogP contribution in [0.2, 0.25) is 0 Å². The Morgan fingerprint density at radius 3 is 2.10 bits per heavy atom. The van der Waals surface area contributed by atoms with E-state index in [0.29, 0.717) is 11.5 Å². The predicted molar refractivity (Wildman–Crippen MR) is 83.8 cm³/mol. The molecule has 0 unspecified atom stereocenters. The Labute approximate surface area is 127 Å². The van der Waals surface area contributed by atoms with Gasteiger partial charge in [0.25, 0.3) is 0 Å². The Balaban J connectivity index is 2.30. The van der Waals surface area contributed by atoms with Gasteiger partial charge in [0.05, 0.1) is 31.9 Å². The fourth-order valence-electron chi connectivity index (χ4n) is 3.34. The Hall–Kier alpha value is -1.26. The average Bonchev–Trinajstić information content (AvgIpc) is 2.53. The fraction of sp³-hybridized carbons (Fsp3) is 0.647. The monoisotopic (exact) mass is 293 g/mol. The Bertz CT molecular complexity index is 444. The summed E-state index contributed by atoms with van der Waals surface area (Å²) in [6.07, 6.45) is 5.15. The molecule has 0 saturated heterocycles. The molecule has 3 N–H and O–H groups in total. The first kappa shape index (κ1) is 16.1. The number of nitrogens with two attached hydrogens (primary N) is 1. The van der Waals surface area contributed by atoms with Crippen molar-refractivity contribution in [2.24, 2.45) is 11.7 Å². The van der Waals surface area contributed by atoms with Crippen LogP contribution in [0.1, 0.15) is 49.3 Å². The molecule has 0 spiro atoms. The quantitative estimate of drug-likeness (QED) is 0.876. The first-order chi connectivity index (χ1) is 10.1. The minimum atomic E-state index is -0.559. The molecule has 4 nitrogen and oxygen atoms in total. The van der Waals surface area contributed by atoms with Gasteiger partial charge < -0.3 is 20.3 Å². The normalized spacial score (nSPS) is 19.1. The number of hydrogen-bond donors (Lipinski definition) is 2. The molecule has 4 heteroatoms. The van der Waals surface area contributed by atoms with E-state index in [1.165, 1.54) is 19.3 Å². The predicted octanol–water partition coefficient (Wildman–Crippen LogP) is 2.95. The molecule has 0 aliphatic heterocycles. The van der Waals surface area contributed by atoms with Gasteiger partial charge in [-0.2, -0.15) is 0 Å². The van der Waals surface area contributed by atoms with E-state index in [0.717, 1.165) is 24.0 Å². The summed E-state index contributed by atoms with van der Waals surface area (Å²) in [7, 11) is 3.24. The first-order valence-electron chi connectivity index (χ1n) is 7.74. The van der Waals surface area contributed by atoms with Crippen LogP contribution in [0.3, 0.4) is 0 Å². The summed E-state index contributed by atoms with van der Waals surface area (Å²) in [5, 5.41) is 10.7. The van der Waals surface area contributed by atoms with Crippen molar-refractivity contribution in [2.45, 2.75) is 51.2 Å². The molecule has 1 aromatic carbocycles. The summed E-state index contributed by atoms with van der Waals surface area (Å²) in [5.74, 6) is 1.65. The van der Waals surface area contributed by atoms with E-state index in [-0.39, 0.29) is 5.92 Å². The lowest BCUT2D eigenvalue weighted by Gasteiger charge is -2.31. The second-order valence-corrected chi connectivity index (χ2v) is 6.00. The second kappa shape index (κ2) is 7.14. The van der Waals surface area contributed by atoms with Crippen molar-refractivity contribution in [2.75, 3.05) is 14.2 Å². The number of rotatable bonds is 5. The zero-order chi connectivity index (χ0) is 15.4. The van der Waals surface area contributed by atoms with Gasteiger partial charge in [-0.25, -0.2) is 0 Å². The highest BCUT2D eigenvalue weighted by molar-refractivity contribution is 5.50. The summed E-state index contributed by atoms with van der Waals surface area (Å²) >= 11 is 0. The van der Waals surface area contributed by atoms with Gasteiger partial charge in [0.1, 0.15) is 11.5 Å². The van der Waals surface area contributed by atoms with Crippen molar-refractivity contribution in [1.82, 2.24) is 0 Å². The fourth-order valence-corrected chi connectivity index (χ4v) is 3.34. The lowest BCUT2D eigenvalue weighted by molar-refractivity contribution is 0.0603. The molecule has 118 valence electrons. The van der Waals surface area contributed by atoms with E-state index in [2.05, 4.69) is 0 Å². The molecule has 21 heavy (non-hydrogen) atoms. The summed E-state index contributed by atoms with van der Waals surface area (Å²) in [4.78, 5) is 0. The van der Waals surface area contributed by atoms with Gasteiger partial charge in [-0.05, 0) is 43.4 Å². The van der Waals surface area contributed by atoms with Gasteiger partial charge in [-0.15, -0.1) is 0 Å². The highest BCUT2D eigenvalue weighted by Crippen LogP contribution is 2.39. The van der Waals surface area contributed by atoms with Crippen LogP contribution >= 0.6 is 0 Å². The van der Waals surface area contributed by atoms with Crippen LogP contribution in [-0.2, 0) is 0 Å². The van der Waals surface area contributed by atoms with Crippen LogP contribution in [0.4, 0.5) is 0 Å². The van der Waals surface area contributed by atoms with Gasteiger partial charge in [-0.3, -0.25) is 0 Å². The first-order valence-corrected chi connectivity index (χ1v) is 7.74. The smallest absolute Gasteiger partial charge is 0.127 e. The largest absolute Gasteiger partial charge is 0.496 e. The average molecular weight is 293 g/mol. The molecule has 0 aromatic heterocycles. The Morgan fingerprint density at radius 2 is 1.62 bits per heavy atom. The van der Waals surface area contributed by atoms with E-state index in [1.807, 2.05) is 19.1 Å². The van der Waals surface area contributed by atoms with Crippen LogP contribution in [0.25, 0.3) is 0 Å². The number of hydrogen-bond acceptors (Lipinski definition) is 4. The third-order valence-corrected chi connectivity index (χ3v) is 4.52. The van der Waals surface area contributed by atoms with Gasteiger partial charge in [0.2, 0.25) is 0 Å². The van der Waals surface area contributed by atoms with Gasteiger partial charge in [0.15, 0.2) is 0 Å². The third kappa shape index (κ3) is 3.50. The molecular weight excluding hydrogens is 266 g/mol. The van der Waals surface area contributed by atoms with Crippen LogP contribution in [0.15, 0.2) is 12.1 Å². The second-order valence-electron chi connectivity index (χ2n) is 6.00. The molecule has 1 aliphatic rings. The van der Waals surface area contributed by atoms with E-state index < -0.39 is 12.1 Å². The lowest BCUT2D eigenvalue weighted by Crippen LogP contribution is -2.34. The van der Waals surface area contributed by atoms with Crippen molar-refractivity contribution in [1.29, 1.82) is 0 Å². The molecule has 1 fully saturated rings. The minimum Gasteiger partial charge on any atom is -0.496 e. The number of aliphatic hydroxyl groups is 1. The molecule has 2 rings (SSSR count). The van der Waals surface area contributed by atoms with Gasteiger partial charge >= 0.3 is 0 Å². The summed E-state index contributed by atoms with van der Waals surface area (Å²) in [5.41, 5.74) is 8.18. The molecule has 1 aromatic rings. The molecule has 1 aliphatic carbocycles. The van der Waals surface area contributed by atoms with Crippen LogP contribution < -0.4 is 15.2 Å². The maximum atomic E-state index is 10.7. The number of benzene rings is 1. The van der Waals surface area contributed by atoms with Crippen LogP contribution in [0.5, 0.6) is 11.5 Å². The molecule has 1 saturated carbocycles. The lowest BCUT2D eigenvalue weighted by atomic mass is 9.81. The SMILES string of the molecule is COc1cc(C)cc(OC)c1[C@@H](N)[C@@H](O)C1CCCCC1. The zero-order valence-electron chi connectivity index (χ0n) is 13.3. The van der Waals surface area contributed by atoms with Crippen molar-refractivity contribution in [3.8, 4) is 11.5 Å². The molecule has 2 atom stereocenters. The van der Waals surface area contributed by atoms with E-state index in [1.54, 1.807) is 14.2 Å². The highest BCUT2D eigenvalue weighted by atomic mass is 16.5. The maximum absolute atomic E-state index is 10.7. The van der Waals surface area contributed by atoms with Crippen molar-refractivity contribution >= 4 is 0 Å². The third-order valence-electron chi connectivity index (χ3n) is 4.52. The molecule has 0 bridgehead atoms.